The van der Waals surface area contributed by atoms with E-state index in [-0.39, 0.29) is 23.3 Å². The monoisotopic (exact) mass is 233 g/mol. The van der Waals surface area contributed by atoms with E-state index in [9.17, 15) is 13.2 Å². The normalized spacial score (nSPS) is 21.2. The van der Waals surface area contributed by atoms with Crippen LogP contribution in [0, 0.1) is 5.92 Å². The van der Waals surface area contributed by atoms with Crippen LogP contribution in [0.2, 0.25) is 0 Å². The molecule has 4 nitrogen and oxygen atoms in total. The van der Waals surface area contributed by atoms with E-state index in [2.05, 4.69) is 0 Å². The molecule has 1 saturated heterocycles. The van der Waals surface area contributed by atoms with Gasteiger partial charge in [0.1, 0.15) is 9.84 Å². The first kappa shape index (κ1) is 12.5. The van der Waals surface area contributed by atoms with Crippen LogP contribution >= 0.6 is 0 Å². The summed E-state index contributed by atoms with van der Waals surface area (Å²) in [6, 6.07) is 0. The largest absolute Gasteiger partial charge is 0.343 e. The smallest absolute Gasteiger partial charge is 0.225 e. The van der Waals surface area contributed by atoms with E-state index in [1.54, 1.807) is 4.90 Å². The minimum absolute atomic E-state index is 0.0755. The lowest BCUT2D eigenvalue weighted by Gasteiger charge is -2.27. The summed E-state index contributed by atoms with van der Waals surface area (Å²) in [4.78, 5) is 13.7. The van der Waals surface area contributed by atoms with Gasteiger partial charge in [0, 0.05) is 19.0 Å². The van der Waals surface area contributed by atoms with Gasteiger partial charge in [-0.2, -0.15) is 0 Å². The van der Waals surface area contributed by atoms with E-state index >= 15 is 0 Å². The van der Waals surface area contributed by atoms with Crippen molar-refractivity contribution in [1.29, 1.82) is 0 Å². The number of amides is 1. The van der Waals surface area contributed by atoms with Crippen LogP contribution in [0.4, 0.5) is 0 Å². The van der Waals surface area contributed by atoms with Gasteiger partial charge in [-0.05, 0) is 26.7 Å². The van der Waals surface area contributed by atoms with Crippen molar-refractivity contribution in [2.24, 2.45) is 5.92 Å². The Morgan fingerprint density at radius 2 is 1.67 bits per heavy atom. The summed E-state index contributed by atoms with van der Waals surface area (Å²) >= 11 is 0. The highest BCUT2D eigenvalue weighted by atomic mass is 32.2. The van der Waals surface area contributed by atoms with Crippen molar-refractivity contribution in [1.82, 2.24) is 4.90 Å². The first-order valence-electron chi connectivity index (χ1n) is 5.49. The Morgan fingerprint density at radius 3 is 2.07 bits per heavy atom. The average Bonchev–Trinajstić information content (AvgIpc) is 2.19. The Labute approximate surface area is 91.6 Å². The Balaban J connectivity index is 2.56. The van der Waals surface area contributed by atoms with E-state index < -0.39 is 9.84 Å². The Kier molecular flexibility index (Phi) is 4.13. The topological polar surface area (TPSA) is 54.5 Å². The fraction of sp³-hybridized carbons (Fsp3) is 0.900. The second-order valence-electron chi connectivity index (χ2n) is 3.94. The first-order chi connectivity index (χ1) is 7.00. The molecule has 0 aliphatic carbocycles. The fourth-order valence-corrected chi connectivity index (χ4v) is 3.42. The van der Waals surface area contributed by atoms with Crippen LogP contribution in [0.3, 0.4) is 0 Å². The summed E-state index contributed by atoms with van der Waals surface area (Å²) in [5.41, 5.74) is 0. The molecule has 1 aliphatic heterocycles. The summed E-state index contributed by atoms with van der Waals surface area (Å²) in [6.07, 6.45) is 0.995. The lowest BCUT2D eigenvalue weighted by atomic mass is 10.0. The van der Waals surface area contributed by atoms with Crippen LogP contribution < -0.4 is 0 Å². The number of carbonyl (C=O) groups excluding carboxylic acids is 1. The molecule has 0 bridgehead atoms. The van der Waals surface area contributed by atoms with Gasteiger partial charge in [0.15, 0.2) is 0 Å². The number of carbonyl (C=O) groups is 1. The van der Waals surface area contributed by atoms with Gasteiger partial charge in [-0.3, -0.25) is 4.79 Å². The number of rotatable bonds is 3. The molecule has 15 heavy (non-hydrogen) atoms. The van der Waals surface area contributed by atoms with Crippen molar-refractivity contribution in [2.75, 3.05) is 24.6 Å². The van der Waals surface area contributed by atoms with Crippen LogP contribution in [-0.2, 0) is 14.6 Å². The molecule has 88 valence electrons. The quantitative estimate of drug-likeness (QED) is 0.720. The Morgan fingerprint density at radius 1 is 1.20 bits per heavy atom. The molecule has 0 radical (unpaired) electrons. The molecule has 0 saturated carbocycles. The fourth-order valence-electron chi connectivity index (χ4n) is 1.93. The zero-order valence-corrected chi connectivity index (χ0v) is 10.2. The standard InChI is InChI=1S/C10H19NO3S/c1-3-11(4-2)10(12)9-5-7-15(13,14)8-6-9/h9H,3-8H2,1-2H3. The highest BCUT2D eigenvalue weighted by Gasteiger charge is 2.30. The zero-order chi connectivity index (χ0) is 11.5. The summed E-state index contributed by atoms with van der Waals surface area (Å²) in [7, 11) is -2.86. The van der Waals surface area contributed by atoms with Gasteiger partial charge >= 0.3 is 0 Å². The lowest BCUT2D eigenvalue weighted by molar-refractivity contribution is -0.135. The van der Waals surface area contributed by atoms with Gasteiger partial charge in [-0.25, -0.2) is 8.42 Å². The predicted molar refractivity (Wildman–Crippen MR) is 59.3 cm³/mol. The third-order valence-electron chi connectivity index (χ3n) is 2.98. The molecule has 1 rings (SSSR count). The maximum Gasteiger partial charge on any atom is 0.225 e. The molecule has 1 fully saturated rings. The number of nitrogens with zero attached hydrogens (tertiary/aromatic N) is 1. The molecule has 0 atom stereocenters. The lowest BCUT2D eigenvalue weighted by Crippen LogP contribution is -2.39. The van der Waals surface area contributed by atoms with E-state index in [0.29, 0.717) is 25.9 Å². The first-order valence-corrected chi connectivity index (χ1v) is 7.31. The van der Waals surface area contributed by atoms with E-state index in [0.717, 1.165) is 0 Å². The maximum absolute atomic E-state index is 11.9. The average molecular weight is 233 g/mol. The van der Waals surface area contributed by atoms with Crippen LogP contribution in [0.15, 0.2) is 0 Å². The van der Waals surface area contributed by atoms with Gasteiger partial charge in [0.25, 0.3) is 0 Å². The summed E-state index contributed by atoms with van der Waals surface area (Å²) in [5, 5.41) is 0. The molecule has 0 N–H and O–H groups in total. The molecule has 1 amide bonds. The van der Waals surface area contributed by atoms with E-state index in [1.165, 1.54) is 0 Å². The van der Waals surface area contributed by atoms with Crippen molar-refractivity contribution in [3.63, 3.8) is 0 Å². The molecular weight excluding hydrogens is 214 g/mol. The minimum Gasteiger partial charge on any atom is -0.343 e. The molecule has 1 aliphatic rings. The summed E-state index contributed by atoms with van der Waals surface area (Å²) in [6.45, 7) is 5.30. The molecule has 0 unspecified atom stereocenters. The minimum atomic E-state index is -2.86. The molecule has 0 aromatic carbocycles. The molecular formula is C10H19NO3S. The summed E-state index contributed by atoms with van der Waals surface area (Å²) < 4.78 is 22.4. The van der Waals surface area contributed by atoms with Gasteiger partial charge in [0.05, 0.1) is 11.5 Å². The van der Waals surface area contributed by atoms with Crippen LogP contribution in [0.5, 0.6) is 0 Å². The molecule has 0 aromatic heterocycles. The summed E-state index contributed by atoms with van der Waals surface area (Å²) in [5.74, 6) is 0.387. The molecule has 0 aromatic rings. The van der Waals surface area contributed by atoms with Gasteiger partial charge < -0.3 is 4.90 Å². The number of hydrogen-bond donors (Lipinski definition) is 0. The maximum atomic E-state index is 11.9. The van der Waals surface area contributed by atoms with Crippen molar-refractivity contribution in [2.45, 2.75) is 26.7 Å². The molecule has 1 heterocycles. The van der Waals surface area contributed by atoms with Crippen molar-refractivity contribution in [3.05, 3.63) is 0 Å². The van der Waals surface area contributed by atoms with Gasteiger partial charge in [-0.15, -0.1) is 0 Å². The Bertz CT molecular complexity index is 306. The third-order valence-corrected chi connectivity index (χ3v) is 4.69. The third kappa shape index (κ3) is 3.19. The highest BCUT2D eigenvalue weighted by molar-refractivity contribution is 7.91. The van der Waals surface area contributed by atoms with Crippen molar-refractivity contribution in [3.8, 4) is 0 Å². The van der Waals surface area contributed by atoms with E-state index in [1.807, 2.05) is 13.8 Å². The SMILES string of the molecule is CCN(CC)C(=O)C1CCS(=O)(=O)CC1. The van der Waals surface area contributed by atoms with Gasteiger partial charge in [0.2, 0.25) is 5.91 Å². The van der Waals surface area contributed by atoms with Crippen LogP contribution in [0.25, 0.3) is 0 Å². The van der Waals surface area contributed by atoms with Crippen molar-refractivity contribution >= 4 is 15.7 Å². The molecule has 0 spiro atoms. The number of hydrogen-bond acceptors (Lipinski definition) is 3. The van der Waals surface area contributed by atoms with Gasteiger partial charge in [-0.1, -0.05) is 0 Å². The van der Waals surface area contributed by atoms with Crippen LogP contribution in [0.1, 0.15) is 26.7 Å². The van der Waals surface area contributed by atoms with Crippen molar-refractivity contribution < 1.29 is 13.2 Å². The predicted octanol–water partition coefficient (Wildman–Crippen LogP) is 0.680. The second-order valence-corrected chi connectivity index (χ2v) is 6.24. The number of sulfone groups is 1. The second kappa shape index (κ2) is 4.96. The van der Waals surface area contributed by atoms with Crippen LogP contribution in [-0.4, -0.2) is 43.8 Å². The van der Waals surface area contributed by atoms with E-state index in [4.69, 9.17) is 0 Å². The zero-order valence-electron chi connectivity index (χ0n) is 9.40. The Hall–Kier alpha value is -0.580. The highest BCUT2D eigenvalue weighted by Crippen LogP contribution is 2.20. The molecule has 5 heteroatoms.